The lowest BCUT2D eigenvalue weighted by Crippen LogP contribution is -2.46. The second kappa shape index (κ2) is 7.61. The van der Waals surface area contributed by atoms with Crippen molar-refractivity contribution in [2.75, 3.05) is 13.6 Å². The highest BCUT2D eigenvalue weighted by Crippen LogP contribution is 2.37. The Bertz CT molecular complexity index is 1380. The van der Waals surface area contributed by atoms with E-state index in [4.69, 9.17) is 5.10 Å². The molecule has 0 saturated heterocycles. The van der Waals surface area contributed by atoms with Crippen molar-refractivity contribution < 1.29 is 15.0 Å². The van der Waals surface area contributed by atoms with Gasteiger partial charge in [0.2, 0.25) is 5.43 Å². The molecule has 2 N–H and O–H groups in total. The van der Waals surface area contributed by atoms with Crippen LogP contribution in [-0.4, -0.2) is 54.2 Å². The van der Waals surface area contributed by atoms with E-state index in [1.165, 1.54) is 9.58 Å². The zero-order valence-corrected chi connectivity index (χ0v) is 17.3. The summed E-state index contributed by atoms with van der Waals surface area (Å²) in [5, 5.41) is 30.1. The zero-order valence-electron chi connectivity index (χ0n) is 17.3. The summed E-state index contributed by atoms with van der Waals surface area (Å²) in [5.41, 5.74) is 1.41. The maximum absolute atomic E-state index is 12.8. The third kappa shape index (κ3) is 2.97. The van der Waals surface area contributed by atoms with Gasteiger partial charge in [0.05, 0.1) is 30.1 Å². The molecule has 0 unspecified atom stereocenters. The second-order valence-electron chi connectivity index (χ2n) is 7.83. The van der Waals surface area contributed by atoms with Gasteiger partial charge in [0.25, 0.3) is 5.91 Å². The Morgan fingerprint density at radius 3 is 2.56 bits per heavy atom. The average molecular weight is 431 g/mol. The van der Waals surface area contributed by atoms with Gasteiger partial charge in [-0.15, -0.1) is 0 Å². The van der Waals surface area contributed by atoms with Gasteiger partial charge in [-0.2, -0.15) is 10.2 Å². The fourth-order valence-corrected chi connectivity index (χ4v) is 4.43. The maximum atomic E-state index is 12.8. The number of carbonyl (C=O) groups is 1. The number of amides is 1. The number of carbonyl (C=O) groups excluding carboxylic acids is 1. The third-order valence-electron chi connectivity index (χ3n) is 5.92. The first kappa shape index (κ1) is 20.0. The van der Waals surface area contributed by atoms with E-state index in [2.05, 4.69) is 5.10 Å². The van der Waals surface area contributed by atoms with Crippen molar-refractivity contribution in [3.63, 3.8) is 0 Å². The number of nitrogens with zero attached hydrogens (tertiary/aromatic N) is 5. The molecule has 4 aromatic rings. The van der Waals surface area contributed by atoms with E-state index in [-0.39, 0.29) is 18.8 Å². The molecule has 3 heterocycles. The van der Waals surface area contributed by atoms with Crippen LogP contribution in [0.5, 0.6) is 5.75 Å². The monoisotopic (exact) mass is 431 g/mol. The van der Waals surface area contributed by atoms with Crippen LogP contribution in [0, 0.1) is 0 Å². The fourth-order valence-electron chi connectivity index (χ4n) is 4.43. The number of aliphatic hydroxyl groups excluding tert-OH is 1. The Labute approximate surface area is 182 Å². The number of hydrogen-bond donors (Lipinski definition) is 2. The van der Waals surface area contributed by atoms with E-state index in [1.807, 2.05) is 59.3 Å². The van der Waals surface area contributed by atoms with Crippen molar-refractivity contribution in [1.82, 2.24) is 24.5 Å². The first-order valence-corrected chi connectivity index (χ1v) is 10.2. The molecular weight excluding hydrogens is 410 g/mol. The van der Waals surface area contributed by atoms with Crippen LogP contribution in [0.1, 0.15) is 33.8 Å². The quantitative estimate of drug-likeness (QED) is 0.509. The normalized spacial score (nSPS) is 16.9. The van der Waals surface area contributed by atoms with Crippen molar-refractivity contribution in [3.05, 3.63) is 88.0 Å². The van der Waals surface area contributed by atoms with Crippen LogP contribution in [0.4, 0.5) is 0 Å². The summed E-state index contributed by atoms with van der Waals surface area (Å²) in [6.07, 6.45) is 1.02. The predicted octanol–water partition coefficient (Wildman–Crippen LogP) is 1.71. The van der Waals surface area contributed by atoms with Crippen LogP contribution in [0.25, 0.3) is 10.9 Å². The number of para-hydroxylation sites is 1. The number of rotatable bonds is 4. The second-order valence-corrected chi connectivity index (χ2v) is 7.83. The molecule has 9 heteroatoms. The van der Waals surface area contributed by atoms with Crippen LogP contribution in [0.2, 0.25) is 0 Å². The Balaban J connectivity index is 1.80. The van der Waals surface area contributed by atoms with E-state index < -0.39 is 29.2 Å². The lowest BCUT2D eigenvalue weighted by Gasteiger charge is -2.37. The number of aromatic nitrogens is 4. The molecule has 2 atom stereocenters. The molecule has 0 fully saturated rings. The van der Waals surface area contributed by atoms with Crippen LogP contribution in [0.15, 0.2) is 65.6 Å². The molecule has 0 radical (unpaired) electrons. The minimum absolute atomic E-state index is 0.143. The van der Waals surface area contributed by atoms with Gasteiger partial charge in [0.1, 0.15) is 6.04 Å². The minimum Gasteiger partial charge on any atom is -0.502 e. The zero-order chi connectivity index (χ0) is 22.4. The highest BCUT2D eigenvalue weighted by atomic mass is 16.3. The molecular formula is C23H21N5O4. The smallest absolute Gasteiger partial charge is 0.275 e. The van der Waals surface area contributed by atoms with Gasteiger partial charge in [-0.3, -0.25) is 14.3 Å². The van der Waals surface area contributed by atoms with E-state index >= 15 is 0 Å². The molecule has 5 rings (SSSR count). The van der Waals surface area contributed by atoms with Crippen molar-refractivity contribution in [2.45, 2.75) is 18.7 Å². The van der Waals surface area contributed by atoms with Gasteiger partial charge in [0, 0.05) is 19.0 Å². The summed E-state index contributed by atoms with van der Waals surface area (Å²) < 4.78 is 3.25. The molecule has 32 heavy (non-hydrogen) atoms. The molecule has 2 aromatic carbocycles. The summed E-state index contributed by atoms with van der Waals surface area (Å²) in [5.74, 6) is -1.09. The van der Waals surface area contributed by atoms with Gasteiger partial charge in [-0.05, 0) is 11.6 Å². The van der Waals surface area contributed by atoms with Crippen LogP contribution >= 0.6 is 0 Å². The van der Waals surface area contributed by atoms with Gasteiger partial charge < -0.3 is 15.1 Å². The Morgan fingerprint density at radius 1 is 1.09 bits per heavy atom. The third-order valence-corrected chi connectivity index (χ3v) is 5.92. The van der Waals surface area contributed by atoms with E-state index in [9.17, 15) is 19.8 Å². The highest BCUT2D eigenvalue weighted by molar-refractivity contribution is 5.95. The maximum Gasteiger partial charge on any atom is 0.275 e. The summed E-state index contributed by atoms with van der Waals surface area (Å²) in [6, 6.07) is 16.3. The molecule has 0 saturated carbocycles. The predicted molar refractivity (Wildman–Crippen MR) is 116 cm³/mol. The molecule has 1 aliphatic rings. The van der Waals surface area contributed by atoms with Crippen molar-refractivity contribution in [1.29, 1.82) is 0 Å². The molecule has 0 spiro atoms. The largest absolute Gasteiger partial charge is 0.502 e. The number of hydrogen-bond acceptors (Lipinski definition) is 6. The number of aliphatic hydroxyl groups is 1. The number of likely N-dealkylation sites (N-methyl/N-ethyl adjacent to an activating group) is 1. The minimum atomic E-state index is -0.706. The van der Waals surface area contributed by atoms with Gasteiger partial charge in [-0.25, -0.2) is 4.68 Å². The first-order valence-electron chi connectivity index (χ1n) is 10.2. The summed E-state index contributed by atoms with van der Waals surface area (Å²) >= 11 is 0. The molecule has 162 valence electrons. The SMILES string of the molecule is CN1C[C@H]([C@H](c2ccccc2)n2nc(CO)c3ccccc32)n2ncc(=O)c(O)c2C1=O. The highest BCUT2D eigenvalue weighted by Gasteiger charge is 2.39. The molecule has 9 nitrogen and oxygen atoms in total. The molecule has 0 aliphatic carbocycles. The first-order chi connectivity index (χ1) is 15.5. The van der Waals surface area contributed by atoms with Gasteiger partial charge >= 0.3 is 0 Å². The standard InChI is InChI=1S/C23H21N5O4/c1-26-12-18(27-21(23(26)32)22(31)19(30)11-24-27)20(14-7-3-2-4-8-14)28-17-10-6-5-9-15(17)16(13-29)25-28/h2-11,18,20,29,31H,12-13H2,1H3/t18-,20+/m1/s1. The Kier molecular flexibility index (Phi) is 4.75. The van der Waals surface area contributed by atoms with E-state index in [0.717, 1.165) is 22.7 Å². The van der Waals surface area contributed by atoms with Crippen molar-refractivity contribution in [2.24, 2.45) is 0 Å². The Morgan fingerprint density at radius 2 is 1.81 bits per heavy atom. The number of aromatic hydroxyl groups is 1. The van der Waals surface area contributed by atoms with Gasteiger partial charge in [0.15, 0.2) is 11.4 Å². The molecule has 1 amide bonds. The summed E-state index contributed by atoms with van der Waals surface area (Å²) in [4.78, 5) is 26.3. The van der Waals surface area contributed by atoms with Crippen LogP contribution in [0.3, 0.4) is 0 Å². The van der Waals surface area contributed by atoms with Crippen molar-refractivity contribution >= 4 is 16.8 Å². The lowest BCUT2D eigenvalue weighted by atomic mass is 9.96. The van der Waals surface area contributed by atoms with E-state index in [0.29, 0.717) is 5.69 Å². The lowest BCUT2D eigenvalue weighted by molar-refractivity contribution is 0.0669. The Hall–Kier alpha value is -3.98. The number of fused-ring (bicyclic) bond motifs is 2. The molecule has 1 aliphatic heterocycles. The van der Waals surface area contributed by atoms with Gasteiger partial charge in [-0.1, -0.05) is 48.5 Å². The molecule has 2 aromatic heterocycles. The summed E-state index contributed by atoms with van der Waals surface area (Å²) in [7, 11) is 1.62. The summed E-state index contributed by atoms with van der Waals surface area (Å²) in [6.45, 7) is 0.0593. The molecule has 0 bridgehead atoms. The van der Waals surface area contributed by atoms with Crippen LogP contribution in [-0.2, 0) is 6.61 Å². The van der Waals surface area contributed by atoms with Crippen molar-refractivity contribution in [3.8, 4) is 5.75 Å². The average Bonchev–Trinajstić information content (AvgIpc) is 3.18. The number of benzene rings is 2. The fraction of sp³-hybridized carbons (Fsp3) is 0.217. The topological polar surface area (TPSA) is 113 Å². The van der Waals surface area contributed by atoms with E-state index in [1.54, 1.807) is 7.05 Å². The van der Waals surface area contributed by atoms with Crippen LogP contribution < -0.4 is 5.43 Å².